The van der Waals surface area contributed by atoms with Gasteiger partial charge in [0.05, 0.1) is 6.20 Å². The molecule has 0 spiro atoms. The van der Waals surface area contributed by atoms with Gasteiger partial charge in [0.25, 0.3) is 0 Å². The molecule has 0 radical (unpaired) electrons. The van der Waals surface area contributed by atoms with Crippen molar-refractivity contribution in [3.05, 3.63) is 17.5 Å². The van der Waals surface area contributed by atoms with Crippen molar-refractivity contribution in [3.63, 3.8) is 0 Å². The van der Waals surface area contributed by atoms with Crippen LogP contribution in [-0.2, 0) is 15.2 Å². The number of ether oxygens (including phenoxy) is 2. The average molecular weight is 335 g/mol. The molecule has 1 saturated heterocycles. The van der Waals surface area contributed by atoms with Gasteiger partial charge in [-0.1, -0.05) is 0 Å². The molecule has 0 bridgehead atoms. The van der Waals surface area contributed by atoms with Crippen LogP contribution in [0.5, 0.6) is 0 Å². The maximum absolute atomic E-state index is 12.2. The van der Waals surface area contributed by atoms with E-state index in [-0.39, 0.29) is 11.8 Å². The number of carbonyl (C=O) groups is 1. The van der Waals surface area contributed by atoms with Crippen molar-refractivity contribution in [2.24, 2.45) is 0 Å². The molecule has 24 heavy (non-hydrogen) atoms. The minimum absolute atomic E-state index is 0.207. The Labute approximate surface area is 144 Å². The fourth-order valence-electron chi connectivity index (χ4n) is 3.53. The second-order valence-electron chi connectivity index (χ2n) is 8.02. The topological polar surface area (TPSA) is 56.6 Å². The number of amides is 1. The molecule has 134 valence electrons. The molecule has 1 aromatic rings. The van der Waals surface area contributed by atoms with E-state index in [1.807, 2.05) is 31.9 Å². The van der Waals surface area contributed by atoms with Gasteiger partial charge in [-0.3, -0.25) is 0 Å². The predicted octanol–water partition coefficient (Wildman–Crippen LogP) is 3.40. The highest BCUT2D eigenvalue weighted by atomic mass is 16.6. The third-order valence-corrected chi connectivity index (χ3v) is 4.98. The van der Waals surface area contributed by atoms with E-state index in [9.17, 15) is 4.79 Å². The van der Waals surface area contributed by atoms with Crippen LogP contribution in [0.25, 0.3) is 0 Å². The quantitative estimate of drug-likeness (QED) is 0.849. The van der Waals surface area contributed by atoms with Gasteiger partial charge in [-0.2, -0.15) is 5.10 Å². The second-order valence-corrected chi connectivity index (χ2v) is 8.02. The first-order chi connectivity index (χ1) is 11.3. The largest absolute Gasteiger partial charge is 0.444 e. The monoisotopic (exact) mass is 335 g/mol. The van der Waals surface area contributed by atoms with Crippen LogP contribution in [0, 0.1) is 6.92 Å². The number of methoxy groups -OCH3 is 1. The van der Waals surface area contributed by atoms with Gasteiger partial charge in [0, 0.05) is 44.7 Å². The summed E-state index contributed by atoms with van der Waals surface area (Å²) in [6, 6.07) is 0. The van der Waals surface area contributed by atoms with Gasteiger partial charge in [0.1, 0.15) is 5.60 Å². The van der Waals surface area contributed by atoms with E-state index in [4.69, 9.17) is 9.47 Å². The summed E-state index contributed by atoms with van der Waals surface area (Å²) in [4.78, 5) is 14.0. The highest BCUT2D eigenvalue weighted by Crippen LogP contribution is 2.46. The Bertz CT molecular complexity index is 606. The lowest BCUT2D eigenvalue weighted by atomic mass is 9.91. The van der Waals surface area contributed by atoms with Gasteiger partial charge in [-0.05, 0) is 46.1 Å². The van der Waals surface area contributed by atoms with Gasteiger partial charge in [-0.15, -0.1) is 0 Å². The molecule has 0 aromatic carbocycles. The molecule has 1 aromatic heterocycles. The number of hydrogen-bond acceptors (Lipinski definition) is 4. The summed E-state index contributed by atoms with van der Waals surface area (Å²) in [7, 11) is 1.76. The van der Waals surface area contributed by atoms with E-state index in [0.717, 1.165) is 38.8 Å². The molecule has 0 atom stereocenters. The third-order valence-electron chi connectivity index (χ3n) is 4.98. The lowest BCUT2D eigenvalue weighted by molar-refractivity contribution is 0.000636. The minimum atomic E-state index is -0.444. The van der Waals surface area contributed by atoms with Crippen LogP contribution in [0.1, 0.15) is 63.6 Å². The molecule has 1 aliphatic heterocycles. The standard InChI is InChI=1S/C18H29N3O3/c1-13-12-19-21(18(23-5)8-9-18)15(13)14-6-10-20(11-7-14)16(22)24-17(2,3)4/h12,14H,6-11H2,1-5H3. The number of hydrogen-bond donors (Lipinski definition) is 0. The van der Waals surface area contributed by atoms with Crippen molar-refractivity contribution in [2.45, 2.75) is 70.6 Å². The molecule has 6 nitrogen and oxygen atoms in total. The molecule has 1 saturated carbocycles. The Morgan fingerprint density at radius 1 is 1.29 bits per heavy atom. The van der Waals surface area contributed by atoms with E-state index in [0.29, 0.717) is 5.92 Å². The molecule has 2 aliphatic rings. The van der Waals surface area contributed by atoms with Gasteiger partial charge in [-0.25, -0.2) is 9.48 Å². The Kier molecular flexibility index (Phi) is 4.36. The first-order valence-electron chi connectivity index (χ1n) is 8.84. The Morgan fingerprint density at radius 2 is 1.92 bits per heavy atom. The summed E-state index contributed by atoms with van der Waals surface area (Å²) in [6.07, 6.45) is 5.65. The van der Waals surface area contributed by atoms with Crippen LogP contribution in [0.15, 0.2) is 6.20 Å². The zero-order valence-corrected chi connectivity index (χ0v) is 15.5. The molecular weight excluding hydrogens is 306 g/mol. The summed E-state index contributed by atoms with van der Waals surface area (Å²) >= 11 is 0. The Hall–Kier alpha value is -1.56. The van der Waals surface area contributed by atoms with Crippen molar-refractivity contribution in [3.8, 4) is 0 Å². The zero-order valence-electron chi connectivity index (χ0n) is 15.5. The van der Waals surface area contributed by atoms with E-state index in [2.05, 4.69) is 16.7 Å². The van der Waals surface area contributed by atoms with Gasteiger partial charge in [0.2, 0.25) is 0 Å². The van der Waals surface area contributed by atoms with Crippen molar-refractivity contribution in [1.29, 1.82) is 0 Å². The maximum atomic E-state index is 12.2. The fraction of sp³-hybridized carbons (Fsp3) is 0.778. The lowest BCUT2D eigenvalue weighted by Crippen LogP contribution is -2.41. The predicted molar refractivity (Wildman–Crippen MR) is 91.0 cm³/mol. The average Bonchev–Trinajstić information content (AvgIpc) is 3.22. The third kappa shape index (κ3) is 3.29. The lowest BCUT2D eigenvalue weighted by Gasteiger charge is -2.34. The van der Waals surface area contributed by atoms with Gasteiger partial charge in [0.15, 0.2) is 5.72 Å². The van der Waals surface area contributed by atoms with Crippen molar-refractivity contribution in [2.75, 3.05) is 20.2 Å². The summed E-state index contributed by atoms with van der Waals surface area (Å²) in [5.74, 6) is 0.416. The summed E-state index contributed by atoms with van der Waals surface area (Å²) in [5, 5.41) is 4.58. The summed E-state index contributed by atoms with van der Waals surface area (Å²) < 4.78 is 13.3. The molecule has 2 heterocycles. The van der Waals surface area contributed by atoms with Crippen LogP contribution >= 0.6 is 0 Å². The molecular formula is C18H29N3O3. The van der Waals surface area contributed by atoms with E-state index in [1.54, 1.807) is 7.11 Å². The van der Waals surface area contributed by atoms with Crippen LogP contribution < -0.4 is 0 Å². The Balaban J connectivity index is 1.68. The Morgan fingerprint density at radius 3 is 2.42 bits per heavy atom. The number of likely N-dealkylation sites (tertiary alicyclic amines) is 1. The highest BCUT2D eigenvalue weighted by molar-refractivity contribution is 5.68. The molecule has 2 fully saturated rings. The SMILES string of the molecule is COC1(n2ncc(C)c2C2CCN(C(=O)OC(C)(C)C)CC2)CC1. The second kappa shape index (κ2) is 6.06. The normalized spacial score (nSPS) is 21.0. The van der Waals surface area contributed by atoms with Crippen molar-refractivity contribution < 1.29 is 14.3 Å². The molecule has 3 rings (SSSR count). The molecule has 1 aliphatic carbocycles. The number of carbonyl (C=O) groups excluding carboxylic acids is 1. The molecule has 0 N–H and O–H groups in total. The molecule has 0 unspecified atom stereocenters. The van der Waals surface area contributed by atoms with Crippen LogP contribution in [0.2, 0.25) is 0 Å². The van der Waals surface area contributed by atoms with Gasteiger partial charge < -0.3 is 14.4 Å². The van der Waals surface area contributed by atoms with Crippen molar-refractivity contribution in [1.82, 2.24) is 14.7 Å². The van der Waals surface area contributed by atoms with E-state index >= 15 is 0 Å². The van der Waals surface area contributed by atoms with Gasteiger partial charge >= 0.3 is 6.09 Å². The summed E-state index contributed by atoms with van der Waals surface area (Å²) in [5.41, 5.74) is 1.82. The van der Waals surface area contributed by atoms with E-state index < -0.39 is 5.60 Å². The zero-order chi connectivity index (χ0) is 17.5. The summed E-state index contributed by atoms with van der Waals surface area (Å²) in [6.45, 7) is 9.28. The fourth-order valence-corrected chi connectivity index (χ4v) is 3.53. The van der Waals surface area contributed by atoms with Crippen molar-refractivity contribution >= 4 is 6.09 Å². The number of rotatable bonds is 3. The van der Waals surface area contributed by atoms with Crippen LogP contribution in [0.4, 0.5) is 4.79 Å². The van der Waals surface area contributed by atoms with E-state index in [1.165, 1.54) is 11.3 Å². The van der Waals surface area contributed by atoms with Crippen LogP contribution in [0.3, 0.4) is 0 Å². The number of nitrogens with zero attached hydrogens (tertiary/aromatic N) is 3. The van der Waals surface area contributed by atoms with Crippen LogP contribution in [-0.4, -0.2) is 46.6 Å². The number of piperidine rings is 1. The first kappa shape index (κ1) is 17.3. The molecule has 6 heteroatoms. The highest BCUT2D eigenvalue weighted by Gasteiger charge is 2.48. The smallest absolute Gasteiger partial charge is 0.410 e. The number of aromatic nitrogens is 2. The number of aryl methyl sites for hydroxylation is 1. The first-order valence-corrected chi connectivity index (χ1v) is 8.84. The maximum Gasteiger partial charge on any atom is 0.410 e. The minimum Gasteiger partial charge on any atom is -0.444 e. The molecule has 1 amide bonds.